The van der Waals surface area contributed by atoms with E-state index in [4.69, 9.17) is 9.97 Å². The normalized spacial score (nSPS) is 16.0. The lowest BCUT2D eigenvalue weighted by Crippen LogP contribution is -2.47. The van der Waals surface area contributed by atoms with E-state index in [9.17, 15) is 0 Å². The molecule has 1 aliphatic carbocycles. The largest absolute Gasteiger partial charge is 0.368 e. The molecule has 0 radical (unpaired) electrons. The molecule has 4 aromatic rings. The molecule has 32 heavy (non-hydrogen) atoms. The Bertz CT molecular complexity index is 1240. The van der Waals surface area contributed by atoms with Gasteiger partial charge in [0.2, 0.25) is 0 Å². The molecule has 1 aliphatic heterocycles. The van der Waals surface area contributed by atoms with E-state index in [1.807, 2.05) is 11.3 Å². The van der Waals surface area contributed by atoms with Gasteiger partial charge < -0.3 is 9.80 Å². The molecule has 5 heteroatoms. The summed E-state index contributed by atoms with van der Waals surface area (Å²) in [6.45, 7) is 6.18. The number of hydrogen-bond acceptors (Lipinski definition) is 5. The van der Waals surface area contributed by atoms with Crippen LogP contribution in [0.4, 0.5) is 11.5 Å². The number of piperazine rings is 1. The van der Waals surface area contributed by atoms with E-state index in [-0.39, 0.29) is 0 Å². The van der Waals surface area contributed by atoms with Crippen LogP contribution in [0.1, 0.15) is 33.8 Å². The van der Waals surface area contributed by atoms with Gasteiger partial charge in [0.25, 0.3) is 0 Å². The molecule has 0 spiro atoms. The summed E-state index contributed by atoms with van der Waals surface area (Å²) in [6, 6.07) is 19.5. The molecule has 4 nitrogen and oxygen atoms in total. The number of thiophene rings is 1. The van der Waals surface area contributed by atoms with Gasteiger partial charge in [0, 0.05) is 43.2 Å². The van der Waals surface area contributed by atoms with Crippen molar-refractivity contribution in [1.82, 2.24) is 9.97 Å². The lowest BCUT2D eigenvalue weighted by atomic mass is 10.1. The van der Waals surface area contributed by atoms with Crippen molar-refractivity contribution in [3.05, 3.63) is 82.0 Å². The van der Waals surface area contributed by atoms with Crippen molar-refractivity contribution in [2.45, 2.75) is 32.6 Å². The minimum Gasteiger partial charge on any atom is -0.368 e. The highest BCUT2D eigenvalue weighted by Crippen LogP contribution is 2.41. The summed E-state index contributed by atoms with van der Waals surface area (Å²) in [5, 5.41) is 1.34. The first-order chi connectivity index (χ1) is 15.7. The topological polar surface area (TPSA) is 32.3 Å². The molecule has 0 atom stereocenters. The van der Waals surface area contributed by atoms with Crippen LogP contribution in [0.2, 0.25) is 0 Å². The van der Waals surface area contributed by atoms with Crippen LogP contribution in [-0.4, -0.2) is 36.1 Å². The molecule has 6 rings (SSSR count). The van der Waals surface area contributed by atoms with Crippen molar-refractivity contribution in [1.29, 1.82) is 0 Å². The fourth-order valence-electron chi connectivity index (χ4n) is 5.04. The SMILES string of the molecule is Cc1ccc(N2CCN(c3nc(Cc4ccccc4)nc4sc5c(c34)CCC5)CC2)cc1. The first-order valence-electron chi connectivity index (χ1n) is 11.7. The van der Waals surface area contributed by atoms with Crippen molar-refractivity contribution in [3.63, 3.8) is 0 Å². The summed E-state index contributed by atoms with van der Waals surface area (Å²) in [7, 11) is 0. The van der Waals surface area contributed by atoms with Crippen LogP contribution in [0.5, 0.6) is 0 Å². The summed E-state index contributed by atoms with van der Waals surface area (Å²) >= 11 is 1.90. The molecule has 1 saturated heterocycles. The summed E-state index contributed by atoms with van der Waals surface area (Å²) in [5.41, 5.74) is 5.43. The van der Waals surface area contributed by atoms with Crippen molar-refractivity contribution in [2.75, 3.05) is 36.0 Å². The molecule has 0 bridgehead atoms. The maximum absolute atomic E-state index is 5.18. The summed E-state index contributed by atoms with van der Waals surface area (Å²) in [5.74, 6) is 2.11. The van der Waals surface area contributed by atoms with Gasteiger partial charge in [0.15, 0.2) is 0 Å². The number of aromatic nitrogens is 2. The van der Waals surface area contributed by atoms with E-state index >= 15 is 0 Å². The highest BCUT2D eigenvalue weighted by atomic mass is 32.1. The molecule has 0 N–H and O–H groups in total. The van der Waals surface area contributed by atoms with Crippen LogP contribution in [0.15, 0.2) is 54.6 Å². The van der Waals surface area contributed by atoms with Gasteiger partial charge in [-0.15, -0.1) is 11.3 Å². The zero-order valence-electron chi connectivity index (χ0n) is 18.6. The van der Waals surface area contributed by atoms with Crippen LogP contribution in [-0.2, 0) is 19.3 Å². The fraction of sp³-hybridized carbons (Fsp3) is 0.333. The molecule has 2 aromatic heterocycles. The minimum atomic E-state index is 0.787. The Balaban J connectivity index is 1.32. The zero-order chi connectivity index (χ0) is 21.5. The molecular weight excluding hydrogens is 412 g/mol. The monoisotopic (exact) mass is 440 g/mol. The number of hydrogen-bond donors (Lipinski definition) is 0. The Morgan fingerprint density at radius 3 is 2.38 bits per heavy atom. The van der Waals surface area contributed by atoms with Gasteiger partial charge in [-0.05, 0) is 49.4 Å². The maximum atomic E-state index is 5.18. The van der Waals surface area contributed by atoms with Gasteiger partial charge in [0.1, 0.15) is 16.5 Å². The molecule has 0 amide bonds. The molecule has 3 heterocycles. The minimum absolute atomic E-state index is 0.787. The third kappa shape index (κ3) is 3.65. The van der Waals surface area contributed by atoms with Crippen molar-refractivity contribution in [2.24, 2.45) is 0 Å². The lowest BCUT2D eigenvalue weighted by molar-refractivity contribution is 0.647. The second-order valence-corrected chi connectivity index (χ2v) is 10.1. The van der Waals surface area contributed by atoms with E-state index in [2.05, 4.69) is 71.3 Å². The summed E-state index contributed by atoms with van der Waals surface area (Å²) in [4.78, 5) is 17.9. The van der Waals surface area contributed by atoms with Gasteiger partial charge >= 0.3 is 0 Å². The molecule has 2 aromatic carbocycles. The standard InChI is InChI=1S/C27H28N4S/c1-19-10-12-21(13-11-19)30-14-16-31(17-15-30)26-25-22-8-5-9-23(22)32-27(25)29-24(28-26)18-20-6-3-2-4-7-20/h2-4,6-7,10-13H,5,8-9,14-18H2,1H3. The van der Waals surface area contributed by atoms with Gasteiger partial charge in [-0.1, -0.05) is 48.0 Å². The smallest absolute Gasteiger partial charge is 0.141 e. The fourth-order valence-corrected chi connectivity index (χ4v) is 6.31. The Hall–Kier alpha value is -2.92. The van der Waals surface area contributed by atoms with Crippen molar-refractivity contribution >= 4 is 33.1 Å². The Morgan fingerprint density at radius 2 is 1.59 bits per heavy atom. The lowest BCUT2D eigenvalue weighted by Gasteiger charge is -2.37. The number of fused-ring (bicyclic) bond motifs is 3. The van der Waals surface area contributed by atoms with Crippen LogP contribution in [0.25, 0.3) is 10.2 Å². The van der Waals surface area contributed by atoms with E-state index in [0.29, 0.717) is 0 Å². The third-order valence-corrected chi connectivity index (χ3v) is 7.96. The maximum Gasteiger partial charge on any atom is 0.141 e. The van der Waals surface area contributed by atoms with Crippen LogP contribution >= 0.6 is 11.3 Å². The van der Waals surface area contributed by atoms with Crippen molar-refractivity contribution in [3.8, 4) is 0 Å². The molecular formula is C27H28N4S. The first kappa shape index (κ1) is 19.7. The molecule has 2 aliphatic rings. The molecule has 0 saturated carbocycles. The highest BCUT2D eigenvalue weighted by molar-refractivity contribution is 7.19. The van der Waals surface area contributed by atoms with Crippen LogP contribution < -0.4 is 9.80 Å². The van der Waals surface area contributed by atoms with E-state index in [0.717, 1.165) is 38.4 Å². The quantitative estimate of drug-likeness (QED) is 0.425. The second kappa shape index (κ2) is 8.21. The summed E-state index contributed by atoms with van der Waals surface area (Å²) in [6.07, 6.45) is 4.43. The van der Waals surface area contributed by atoms with E-state index in [1.165, 1.54) is 62.6 Å². The van der Waals surface area contributed by atoms with Crippen molar-refractivity contribution < 1.29 is 0 Å². The Kier molecular flexibility index (Phi) is 5.07. The van der Waals surface area contributed by atoms with Gasteiger partial charge in [-0.2, -0.15) is 0 Å². The first-order valence-corrected chi connectivity index (χ1v) is 12.5. The number of anilines is 2. The van der Waals surface area contributed by atoms with Crippen LogP contribution in [0.3, 0.4) is 0 Å². The molecule has 1 fully saturated rings. The third-order valence-electron chi connectivity index (χ3n) is 6.78. The molecule has 0 unspecified atom stereocenters. The predicted octanol–water partition coefficient (Wildman–Crippen LogP) is 5.41. The number of aryl methyl sites for hydroxylation is 3. The molecule has 162 valence electrons. The number of rotatable bonds is 4. The number of nitrogens with zero attached hydrogens (tertiary/aromatic N) is 4. The predicted molar refractivity (Wildman–Crippen MR) is 134 cm³/mol. The Morgan fingerprint density at radius 1 is 0.844 bits per heavy atom. The van der Waals surface area contributed by atoms with E-state index < -0.39 is 0 Å². The average molecular weight is 441 g/mol. The van der Waals surface area contributed by atoms with Gasteiger partial charge in [-0.25, -0.2) is 9.97 Å². The van der Waals surface area contributed by atoms with Crippen LogP contribution in [0, 0.1) is 6.92 Å². The van der Waals surface area contributed by atoms with E-state index in [1.54, 1.807) is 0 Å². The second-order valence-electron chi connectivity index (χ2n) is 8.97. The average Bonchev–Trinajstić information content (AvgIpc) is 3.41. The zero-order valence-corrected chi connectivity index (χ0v) is 19.4. The Labute approximate surface area is 193 Å². The summed E-state index contributed by atoms with van der Waals surface area (Å²) < 4.78 is 0. The van der Waals surface area contributed by atoms with Gasteiger partial charge in [0.05, 0.1) is 5.39 Å². The van der Waals surface area contributed by atoms with Gasteiger partial charge in [-0.3, -0.25) is 0 Å². The highest BCUT2D eigenvalue weighted by Gasteiger charge is 2.27. The number of benzene rings is 2.